The van der Waals surface area contributed by atoms with Crippen molar-refractivity contribution in [3.05, 3.63) is 0 Å². The van der Waals surface area contributed by atoms with Crippen molar-refractivity contribution in [1.29, 1.82) is 0 Å². The molecule has 3 aliphatic rings. The SMILES string of the molecule is C(CC1CC1)Oc1nsnc1O[C@]12CC[C@@H](CC1)C2.Cl. The second kappa shape index (κ2) is 5.68. The van der Waals surface area contributed by atoms with Gasteiger partial charge in [-0.25, -0.2) is 0 Å². The molecule has 1 heterocycles. The van der Waals surface area contributed by atoms with Gasteiger partial charge in [0.05, 0.1) is 18.3 Å². The van der Waals surface area contributed by atoms with E-state index in [4.69, 9.17) is 9.47 Å². The Labute approximate surface area is 130 Å². The lowest BCUT2D eigenvalue weighted by Gasteiger charge is -2.26. The Balaban J connectivity index is 0.00000121. The van der Waals surface area contributed by atoms with E-state index in [-0.39, 0.29) is 18.0 Å². The number of fused-ring (bicyclic) bond motifs is 2. The summed E-state index contributed by atoms with van der Waals surface area (Å²) in [6.45, 7) is 0.752. The van der Waals surface area contributed by atoms with E-state index in [1.165, 1.54) is 56.7 Å². The fourth-order valence-corrected chi connectivity index (χ4v) is 3.97. The van der Waals surface area contributed by atoms with Gasteiger partial charge < -0.3 is 9.47 Å². The van der Waals surface area contributed by atoms with Gasteiger partial charge in [0.15, 0.2) is 0 Å². The zero-order chi connectivity index (χ0) is 12.7. The maximum atomic E-state index is 6.21. The molecule has 0 radical (unpaired) electrons. The summed E-state index contributed by atoms with van der Waals surface area (Å²) < 4.78 is 20.5. The van der Waals surface area contributed by atoms with Gasteiger partial charge in [0, 0.05) is 0 Å². The van der Waals surface area contributed by atoms with Crippen LogP contribution in [0, 0.1) is 11.8 Å². The van der Waals surface area contributed by atoms with Crippen LogP contribution in [-0.4, -0.2) is 21.0 Å². The summed E-state index contributed by atoms with van der Waals surface area (Å²) in [6, 6.07) is 0. The molecule has 3 saturated carbocycles. The molecule has 0 aliphatic heterocycles. The van der Waals surface area contributed by atoms with Crippen LogP contribution >= 0.6 is 24.1 Å². The molecule has 0 saturated heterocycles. The highest BCUT2D eigenvalue weighted by atomic mass is 35.5. The summed E-state index contributed by atoms with van der Waals surface area (Å²) in [5, 5.41) is 0. The molecular formula is C14H21ClN2O2S. The van der Waals surface area contributed by atoms with Crippen molar-refractivity contribution < 1.29 is 9.47 Å². The molecule has 2 bridgehead atoms. The van der Waals surface area contributed by atoms with E-state index in [2.05, 4.69) is 8.75 Å². The molecule has 0 N–H and O–H groups in total. The Bertz CT molecular complexity index is 456. The molecule has 0 amide bonds. The number of halogens is 1. The first-order valence-electron chi connectivity index (χ1n) is 7.47. The standard InChI is InChI=1S/C14H20N2O2S.ClH/c1-2-10(1)5-8-17-12-13(16-19-15-12)18-14-6-3-11(9-14)4-7-14;/h10-11H,1-9H2;1H/t11-,14+;. The number of hydrogen-bond donors (Lipinski definition) is 0. The second-order valence-corrected chi connectivity index (χ2v) is 6.92. The number of ether oxygens (including phenoxy) is 2. The first-order valence-corrected chi connectivity index (χ1v) is 8.20. The van der Waals surface area contributed by atoms with E-state index in [1.807, 2.05) is 0 Å². The smallest absolute Gasteiger partial charge is 0.291 e. The summed E-state index contributed by atoms with van der Waals surface area (Å²) in [7, 11) is 0. The van der Waals surface area contributed by atoms with Crippen LogP contribution < -0.4 is 9.47 Å². The third-order valence-electron chi connectivity index (χ3n) is 4.88. The van der Waals surface area contributed by atoms with Crippen molar-refractivity contribution >= 4 is 24.1 Å². The predicted molar refractivity (Wildman–Crippen MR) is 79.9 cm³/mol. The average Bonchev–Trinajstić information content (AvgIpc) is 2.85. The maximum Gasteiger partial charge on any atom is 0.291 e. The lowest BCUT2D eigenvalue weighted by atomic mass is 9.97. The van der Waals surface area contributed by atoms with Crippen LogP contribution in [0.25, 0.3) is 0 Å². The zero-order valence-electron chi connectivity index (χ0n) is 11.5. The summed E-state index contributed by atoms with van der Waals surface area (Å²) >= 11 is 1.20. The van der Waals surface area contributed by atoms with Crippen LogP contribution in [0.5, 0.6) is 11.8 Å². The maximum absolute atomic E-state index is 6.21. The van der Waals surface area contributed by atoms with Gasteiger partial charge in [0.25, 0.3) is 11.8 Å². The van der Waals surface area contributed by atoms with Crippen molar-refractivity contribution in [3.63, 3.8) is 0 Å². The Morgan fingerprint density at radius 1 is 1.10 bits per heavy atom. The second-order valence-electron chi connectivity index (χ2n) is 6.39. The first-order chi connectivity index (χ1) is 9.33. The monoisotopic (exact) mass is 316 g/mol. The van der Waals surface area contributed by atoms with Crippen molar-refractivity contribution in [2.45, 2.75) is 57.0 Å². The van der Waals surface area contributed by atoms with Crippen LogP contribution in [-0.2, 0) is 0 Å². The summed E-state index contributed by atoms with van der Waals surface area (Å²) in [5.41, 5.74) is 0.0506. The molecule has 0 spiro atoms. The van der Waals surface area contributed by atoms with Gasteiger partial charge in [-0.2, -0.15) is 0 Å². The third-order valence-corrected chi connectivity index (χ3v) is 5.38. The minimum atomic E-state index is 0. The highest BCUT2D eigenvalue weighted by Crippen LogP contribution is 2.50. The van der Waals surface area contributed by atoms with E-state index >= 15 is 0 Å². The van der Waals surface area contributed by atoms with E-state index in [0.29, 0.717) is 11.8 Å². The Morgan fingerprint density at radius 2 is 1.85 bits per heavy atom. The number of rotatable bonds is 6. The van der Waals surface area contributed by atoms with Gasteiger partial charge in [-0.3, -0.25) is 0 Å². The quantitative estimate of drug-likeness (QED) is 0.799. The van der Waals surface area contributed by atoms with Crippen molar-refractivity contribution in [2.24, 2.45) is 11.8 Å². The highest BCUT2D eigenvalue weighted by Gasteiger charge is 2.47. The normalized spacial score (nSPS) is 31.1. The van der Waals surface area contributed by atoms with Gasteiger partial charge in [0.2, 0.25) is 0 Å². The Kier molecular flexibility index (Phi) is 4.09. The summed E-state index contributed by atoms with van der Waals surface area (Å²) in [5.74, 6) is 3.03. The molecule has 112 valence electrons. The lowest BCUT2D eigenvalue weighted by Crippen LogP contribution is -2.30. The molecule has 4 rings (SSSR count). The average molecular weight is 317 g/mol. The molecule has 4 nitrogen and oxygen atoms in total. The molecular weight excluding hydrogens is 296 g/mol. The van der Waals surface area contributed by atoms with Gasteiger partial charge in [-0.15, -0.1) is 21.2 Å². The van der Waals surface area contributed by atoms with E-state index < -0.39 is 0 Å². The lowest BCUT2D eigenvalue weighted by molar-refractivity contribution is 0.0704. The molecule has 3 aliphatic carbocycles. The van der Waals surface area contributed by atoms with Crippen LogP contribution in [0.1, 0.15) is 51.4 Å². The minimum Gasteiger partial charge on any atom is -0.473 e. The fourth-order valence-electron chi connectivity index (χ4n) is 3.54. The van der Waals surface area contributed by atoms with E-state index in [9.17, 15) is 0 Å². The molecule has 6 heteroatoms. The van der Waals surface area contributed by atoms with Gasteiger partial charge >= 0.3 is 0 Å². The molecule has 0 aromatic carbocycles. The number of nitrogens with zero attached hydrogens (tertiary/aromatic N) is 2. The summed E-state index contributed by atoms with van der Waals surface area (Å²) in [4.78, 5) is 0. The molecule has 0 unspecified atom stereocenters. The molecule has 0 atom stereocenters. The first kappa shape index (κ1) is 14.4. The fraction of sp³-hybridized carbons (Fsp3) is 0.857. The predicted octanol–water partition coefficient (Wildman–Crippen LogP) is 3.85. The van der Waals surface area contributed by atoms with Gasteiger partial charge in [-0.05, 0) is 50.4 Å². The van der Waals surface area contributed by atoms with E-state index in [0.717, 1.165) is 24.9 Å². The van der Waals surface area contributed by atoms with Crippen LogP contribution in [0.3, 0.4) is 0 Å². The van der Waals surface area contributed by atoms with E-state index in [1.54, 1.807) is 0 Å². The third kappa shape index (κ3) is 2.89. The van der Waals surface area contributed by atoms with Crippen LogP contribution in [0.15, 0.2) is 0 Å². The highest BCUT2D eigenvalue weighted by molar-refractivity contribution is 6.99. The molecule has 1 aromatic rings. The Morgan fingerprint density at radius 3 is 2.50 bits per heavy atom. The topological polar surface area (TPSA) is 44.2 Å². The largest absolute Gasteiger partial charge is 0.473 e. The van der Waals surface area contributed by atoms with Crippen molar-refractivity contribution in [1.82, 2.24) is 8.75 Å². The van der Waals surface area contributed by atoms with Crippen LogP contribution in [0.4, 0.5) is 0 Å². The molecule has 1 aromatic heterocycles. The summed E-state index contributed by atoms with van der Waals surface area (Å²) in [6.07, 6.45) is 10.1. The van der Waals surface area contributed by atoms with Gasteiger partial charge in [0.1, 0.15) is 5.60 Å². The van der Waals surface area contributed by atoms with Crippen LogP contribution in [0.2, 0.25) is 0 Å². The van der Waals surface area contributed by atoms with Crippen molar-refractivity contribution in [3.8, 4) is 11.8 Å². The number of aromatic nitrogens is 2. The molecule has 20 heavy (non-hydrogen) atoms. The van der Waals surface area contributed by atoms with Crippen molar-refractivity contribution in [2.75, 3.05) is 6.61 Å². The zero-order valence-corrected chi connectivity index (χ0v) is 13.2. The minimum absolute atomic E-state index is 0. The molecule has 3 fully saturated rings. The van der Waals surface area contributed by atoms with Gasteiger partial charge in [-0.1, -0.05) is 12.8 Å². The number of hydrogen-bond acceptors (Lipinski definition) is 5. The Hall–Kier alpha value is -0.550.